The number of hydrogen-bond acceptors (Lipinski definition) is 6. The highest BCUT2D eigenvalue weighted by Crippen LogP contribution is 2.31. The molecule has 0 heterocycles. The zero-order valence-corrected chi connectivity index (χ0v) is 22.8. The highest BCUT2D eigenvalue weighted by molar-refractivity contribution is 9.10. The molecule has 0 aliphatic carbocycles. The zero-order chi connectivity index (χ0) is 26.1. The normalized spacial score (nSPS) is 11.9. The van der Waals surface area contributed by atoms with Crippen LogP contribution in [0, 0.1) is 12.7 Å². The van der Waals surface area contributed by atoms with Crippen LogP contribution in [0.5, 0.6) is 0 Å². The van der Waals surface area contributed by atoms with Crippen LogP contribution < -0.4 is 4.72 Å². The summed E-state index contributed by atoms with van der Waals surface area (Å²) < 4.78 is 72.8. The Morgan fingerprint density at radius 1 is 1.00 bits per heavy atom. The predicted octanol–water partition coefficient (Wildman–Crippen LogP) is 5.30. The zero-order valence-electron chi connectivity index (χ0n) is 18.1. The van der Waals surface area contributed by atoms with Crippen molar-refractivity contribution >= 4 is 65.0 Å². The van der Waals surface area contributed by atoms with Crippen LogP contribution in [0.2, 0.25) is 10.0 Å². The molecule has 0 unspecified atom stereocenters. The van der Waals surface area contributed by atoms with Crippen molar-refractivity contribution in [1.29, 1.82) is 0 Å². The summed E-state index contributed by atoms with van der Waals surface area (Å²) in [5.74, 6) is -1.59. The number of sulfonamides is 1. The van der Waals surface area contributed by atoms with E-state index in [2.05, 4.69) is 20.7 Å². The number of esters is 1. The minimum absolute atomic E-state index is 0.0616. The summed E-state index contributed by atoms with van der Waals surface area (Å²) in [5, 5.41) is 0.256. The van der Waals surface area contributed by atoms with Gasteiger partial charge in [0.25, 0.3) is 0 Å². The van der Waals surface area contributed by atoms with Gasteiger partial charge >= 0.3 is 5.97 Å². The molecule has 0 aromatic heterocycles. The molecule has 186 valence electrons. The minimum Gasteiger partial charge on any atom is -0.465 e. The molecule has 35 heavy (non-hydrogen) atoms. The van der Waals surface area contributed by atoms with Gasteiger partial charge in [-0.2, -0.15) is 0 Å². The second-order valence-corrected chi connectivity index (χ2v) is 12.7. The van der Waals surface area contributed by atoms with Gasteiger partial charge in [-0.15, -0.1) is 0 Å². The predicted molar refractivity (Wildman–Crippen MR) is 133 cm³/mol. The van der Waals surface area contributed by atoms with E-state index in [1.165, 1.54) is 37.3 Å². The number of halogens is 4. The monoisotopic (exact) mass is 623 g/mol. The molecule has 0 radical (unpaired) electrons. The van der Waals surface area contributed by atoms with E-state index in [9.17, 15) is 26.0 Å². The minimum atomic E-state index is -4.27. The summed E-state index contributed by atoms with van der Waals surface area (Å²) in [6.07, 6.45) is 0. The molecule has 0 spiro atoms. The Balaban J connectivity index is 2.01. The molecular weight excluding hydrogens is 608 g/mol. The Morgan fingerprint density at radius 3 is 2.23 bits per heavy atom. The summed E-state index contributed by atoms with van der Waals surface area (Å²) in [6, 6.07) is 9.70. The fraction of sp³-hybridized carbons (Fsp3) is 0.136. The number of carbonyl (C=O) groups excluding carboxylic acids is 1. The number of aryl methyl sites for hydroxylation is 1. The molecular formula is C22H17BrCl2FNO6S2. The van der Waals surface area contributed by atoms with Crippen molar-refractivity contribution in [3.63, 3.8) is 0 Å². The largest absolute Gasteiger partial charge is 0.465 e. The van der Waals surface area contributed by atoms with Crippen LogP contribution >= 0.6 is 39.1 Å². The van der Waals surface area contributed by atoms with Crippen LogP contribution in [-0.2, 0) is 31.1 Å². The molecule has 13 heteroatoms. The summed E-state index contributed by atoms with van der Waals surface area (Å²) in [7, 11) is -7.22. The van der Waals surface area contributed by atoms with Gasteiger partial charge in [0.2, 0.25) is 19.9 Å². The molecule has 0 saturated heterocycles. The molecule has 0 saturated carbocycles. The lowest BCUT2D eigenvalue weighted by atomic mass is 10.1. The van der Waals surface area contributed by atoms with Gasteiger partial charge in [-0.25, -0.2) is 30.7 Å². The van der Waals surface area contributed by atoms with E-state index in [1.807, 2.05) is 0 Å². The van der Waals surface area contributed by atoms with Gasteiger partial charge in [0.15, 0.2) is 0 Å². The van der Waals surface area contributed by atoms with Gasteiger partial charge in [-0.05, 0) is 76.4 Å². The van der Waals surface area contributed by atoms with E-state index >= 15 is 0 Å². The van der Waals surface area contributed by atoms with E-state index in [1.54, 1.807) is 0 Å². The third-order valence-corrected chi connectivity index (χ3v) is 9.24. The lowest BCUT2D eigenvalue weighted by Crippen LogP contribution is -2.23. The maximum absolute atomic E-state index is 13.8. The fourth-order valence-corrected chi connectivity index (χ4v) is 7.08. The number of carbonyl (C=O) groups is 1. The standard InChI is InChI=1S/C22H17BrCl2FNO6S2/c1-12-5-19(26)18(23)10-21(12)34(29,30)20-4-3-13(6-17(20)22(28)33-2)11-27-35(31,32)16-8-14(24)7-15(25)9-16/h3-10,27H,11H2,1-2H3. The average Bonchev–Trinajstić information content (AvgIpc) is 2.78. The van der Waals surface area contributed by atoms with Gasteiger partial charge in [-0.3, -0.25) is 0 Å². The van der Waals surface area contributed by atoms with Crippen molar-refractivity contribution in [2.24, 2.45) is 0 Å². The van der Waals surface area contributed by atoms with Crippen LogP contribution in [0.1, 0.15) is 21.5 Å². The second-order valence-electron chi connectivity index (χ2n) is 7.29. The lowest BCUT2D eigenvalue weighted by molar-refractivity contribution is 0.0596. The van der Waals surface area contributed by atoms with Crippen molar-refractivity contribution in [1.82, 2.24) is 4.72 Å². The Bertz CT molecular complexity index is 1530. The maximum atomic E-state index is 13.8. The molecule has 3 aromatic carbocycles. The van der Waals surface area contributed by atoms with Gasteiger partial charge < -0.3 is 4.74 Å². The summed E-state index contributed by atoms with van der Waals surface area (Å²) >= 11 is 14.7. The smallest absolute Gasteiger partial charge is 0.339 e. The molecule has 1 N–H and O–H groups in total. The van der Waals surface area contributed by atoms with Crippen molar-refractivity contribution in [2.45, 2.75) is 28.2 Å². The van der Waals surface area contributed by atoms with Gasteiger partial charge in [0.05, 0.1) is 31.8 Å². The molecule has 7 nitrogen and oxygen atoms in total. The van der Waals surface area contributed by atoms with E-state index in [0.717, 1.165) is 25.3 Å². The third-order valence-electron chi connectivity index (χ3n) is 4.86. The van der Waals surface area contributed by atoms with E-state index in [4.69, 9.17) is 27.9 Å². The summed E-state index contributed by atoms with van der Waals surface area (Å²) in [5.41, 5.74) is 0.103. The fourth-order valence-electron chi connectivity index (χ4n) is 3.17. The SMILES string of the molecule is COC(=O)c1cc(CNS(=O)(=O)c2cc(Cl)cc(Cl)c2)ccc1S(=O)(=O)c1cc(Br)c(F)cc1C. The number of benzene rings is 3. The molecule has 0 atom stereocenters. The number of hydrogen-bond donors (Lipinski definition) is 1. The summed E-state index contributed by atoms with van der Waals surface area (Å²) in [4.78, 5) is 11.7. The molecule has 3 aromatic rings. The van der Waals surface area contributed by atoms with E-state index < -0.39 is 31.6 Å². The van der Waals surface area contributed by atoms with Gasteiger partial charge in [0, 0.05) is 16.6 Å². The van der Waals surface area contributed by atoms with Crippen molar-refractivity contribution in [3.05, 3.63) is 85.6 Å². The molecule has 0 aliphatic heterocycles. The number of nitrogens with one attached hydrogen (secondary N) is 1. The molecule has 0 fully saturated rings. The number of sulfone groups is 1. The molecule has 0 amide bonds. The summed E-state index contributed by atoms with van der Waals surface area (Å²) in [6.45, 7) is 1.14. The Hall–Kier alpha value is -2.02. The number of ether oxygens (including phenoxy) is 1. The van der Waals surface area contributed by atoms with Crippen LogP contribution in [0.25, 0.3) is 0 Å². The highest BCUT2D eigenvalue weighted by atomic mass is 79.9. The second kappa shape index (κ2) is 10.5. The third kappa shape index (κ3) is 6.04. The van der Waals surface area contributed by atoms with Crippen LogP contribution in [0.4, 0.5) is 4.39 Å². The first kappa shape index (κ1) is 27.6. The van der Waals surface area contributed by atoms with Crippen LogP contribution in [0.15, 0.2) is 67.7 Å². The molecule has 3 rings (SSSR count). The number of methoxy groups -OCH3 is 1. The quantitative estimate of drug-likeness (QED) is 0.282. The first-order chi connectivity index (χ1) is 16.3. The van der Waals surface area contributed by atoms with Crippen LogP contribution in [0.3, 0.4) is 0 Å². The first-order valence-corrected chi connectivity index (χ1v) is 14.2. The Kier molecular flexibility index (Phi) is 8.30. The van der Waals surface area contributed by atoms with Gasteiger partial charge in [0.1, 0.15) is 5.82 Å². The number of rotatable bonds is 7. The Labute approximate surface area is 220 Å². The Morgan fingerprint density at radius 2 is 1.63 bits per heavy atom. The maximum Gasteiger partial charge on any atom is 0.339 e. The van der Waals surface area contributed by atoms with E-state index in [-0.39, 0.29) is 52.4 Å². The lowest BCUT2D eigenvalue weighted by Gasteiger charge is -2.14. The van der Waals surface area contributed by atoms with Gasteiger partial charge in [-0.1, -0.05) is 29.3 Å². The topological polar surface area (TPSA) is 107 Å². The van der Waals surface area contributed by atoms with Crippen molar-refractivity contribution in [3.8, 4) is 0 Å². The highest BCUT2D eigenvalue weighted by Gasteiger charge is 2.28. The molecule has 0 aliphatic rings. The van der Waals surface area contributed by atoms with Crippen molar-refractivity contribution < 1.29 is 30.8 Å². The molecule has 0 bridgehead atoms. The first-order valence-electron chi connectivity index (χ1n) is 9.64. The van der Waals surface area contributed by atoms with E-state index in [0.29, 0.717) is 0 Å². The van der Waals surface area contributed by atoms with Crippen LogP contribution in [-0.4, -0.2) is 29.9 Å². The average molecular weight is 625 g/mol. The van der Waals surface area contributed by atoms with Crippen molar-refractivity contribution in [2.75, 3.05) is 7.11 Å².